The minimum absolute atomic E-state index is 0.543. The lowest BCUT2D eigenvalue weighted by Crippen LogP contribution is -2.25. The number of hydrogen-bond donors (Lipinski definition) is 1. The van der Waals surface area contributed by atoms with Gasteiger partial charge in [-0.2, -0.15) is 0 Å². The maximum Gasteiger partial charge on any atom is 0.0314 e. The molecule has 0 saturated heterocycles. The van der Waals surface area contributed by atoms with Gasteiger partial charge in [0, 0.05) is 26.8 Å². The van der Waals surface area contributed by atoms with Crippen molar-refractivity contribution in [3.8, 4) is 0 Å². The van der Waals surface area contributed by atoms with Crippen LogP contribution < -0.4 is 5.32 Å². The second-order valence-electron chi connectivity index (χ2n) is 4.92. The van der Waals surface area contributed by atoms with Crippen LogP contribution in [-0.4, -0.2) is 6.04 Å². The quantitative estimate of drug-likeness (QED) is 0.787. The second-order valence-corrected chi connectivity index (χ2v) is 7.12. The molecule has 1 N–H and O–H groups in total. The van der Waals surface area contributed by atoms with Crippen molar-refractivity contribution in [3.05, 3.63) is 56.2 Å². The van der Waals surface area contributed by atoms with Crippen molar-refractivity contribution >= 4 is 27.3 Å². The van der Waals surface area contributed by atoms with Crippen LogP contribution in [0.3, 0.4) is 0 Å². The van der Waals surface area contributed by atoms with Gasteiger partial charge in [-0.1, -0.05) is 30.3 Å². The Balaban J connectivity index is 1.74. The molecular formula is C16H20BrNS. The Kier molecular flexibility index (Phi) is 5.61. The summed E-state index contributed by atoms with van der Waals surface area (Å²) in [4.78, 5) is 2.75. The molecule has 19 heavy (non-hydrogen) atoms. The highest BCUT2D eigenvalue weighted by Gasteiger charge is 2.05. The molecule has 1 atom stereocenters. The number of nitrogens with one attached hydrogen (secondary N) is 1. The largest absolute Gasteiger partial charge is 0.309 e. The van der Waals surface area contributed by atoms with Crippen molar-refractivity contribution in [2.45, 2.75) is 39.3 Å². The summed E-state index contributed by atoms with van der Waals surface area (Å²) in [5.74, 6) is 0. The minimum Gasteiger partial charge on any atom is -0.309 e. The summed E-state index contributed by atoms with van der Waals surface area (Å²) in [6, 6.07) is 13.5. The summed E-state index contributed by atoms with van der Waals surface area (Å²) in [5, 5.41) is 3.60. The third kappa shape index (κ3) is 4.75. The monoisotopic (exact) mass is 337 g/mol. The molecule has 2 aromatic rings. The van der Waals surface area contributed by atoms with Gasteiger partial charge in [-0.3, -0.25) is 0 Å². The molecule has 0 fully saturated rings. The van der Waals surface area contributed by atoms with E-state index >= 15 is 0 Å². The minimum atomic E-state index is 0.543. The van der Waals surface area contributed by atoms with Crippen molar-refractivity contribution < 1.29 is 0 Å². The number of thiophene rings is 1. The first-order valence-corrected chi connectivity index (χ1v) is 8.28. The third-order valence-corrected chi connectivity index (χ3v) is 5.38. The van der Waals surface area contributed by atoms with Gasteiger partial charge >= 0.3 is 0 Å². The van der Waals surface area contributed by atoms with Crippen LogP contribution in [0.5, 0.6) is 0 Å². The van der Waals surface area contributed by atoms with E-state index in [1.807, 2.05) is 11.3 Å². The van der Waals surface area contributed by atoms with E-state index < -0.39 is 0 Å². The number of benzene rings is 1. The van der Waals surface area contributed by atoms with Gasteiger partial charge in [0.2, 0.25) is 0 Å². The van der Waals surface area contributed by atoms with Crippen LogP contribution in [0.4, 0.5) is 0 Å². The first kappa shape index (κ1) is 14.8. The fraction of sp³-hybridized carbons (Fsp3) is 0.375. The van der Waals surface area contributed by atoms with Crippen LogP contribution >= 0.6 is 27.3 Å². The van der Waals surface area contributed by atoms with E-state index in [1.54, 1.807) is 0 Å². The standard InChI is InChI=1S/C16H20BrNS/c1-12(8-9-14-6-4-3-5-7-14)18-11-15-10-16(17)13(2)19-15/h3-7,10,12,18H,8-9,11H2,1-2H3. The topological polar surface area (TPSA) is 12.0 Å². The summed E-state index contributed by atoms with van der Waals surface area (Å²) in [6.45, 7) is 5.38. The molecule has 1 nitrogen and oxygen atoms in total. The molecule has 0 aliphatic rings. The van der Waals surface area contributed by atoms with Gasteiger partial charge in [0.05, 0.1) is 0 Å². The number of halogens is 1. The van der Waals surface area contributed by atoms with Crippen molar-refractivity contribution in [2.24, 2.45) is 0 Å². The zero-order chi connectivity index (χ0) is 13.7. The normalized spacial score (nSPS) is 12.6. The molecule has 1 aromatic heterocycles. The Bertz CT molecular complexity index is 487. The number of aryl methyl sites for hydroxylation is 2. The van der Waals surface area contributed by atoms with Crippen LogP contribution in [0.25, 0.3) is 0 Å². The van der Waals surface area contributed by atoms with Crippen LogP contribution in [0.15, 0.2) is 40.9 Å². The van der Waals surface area contributed by atoms with Gasteiger partial charge in [-0.25, -0.2) is 0 Å². The molecule has 0 saturated carbocycles. The summed E-state index contributed by atoms with van der Waals surface area (Å²) in [7, 11) is 0. The molecule has 1 aromatic carbocycles. The first-order chi connectivity index (χ1) is 9.15. The average Bonchev–Trinajstić information content (AvgIpc) is 2.74. The maximum absolute atomic E-state index is 3.60. The fourth-order valence-corrected chi connectivity index (χ4v) is 3.56. The van der Waals surface area contributed by atoms with Crippen molar-refractivity contribution in [1.29, 1.82) is 0 Å². The molecule has 102 valence electrons. The van der Waals surface area contributed by atoms with Gasteiger partial charge in [0.25, 0.3) is 0 Å². The van der Waals surface area contributed by atoms with Gasteiger partial charge in [0.1, 0.15) is 0 Å². The van der Waals surface area contributed by atoms with Gasteiger partial charge in [-0.15, -0.1) is 11.3 Å². The van der Waals surface area contributed by atoms with E-state index in [1.165, 1.54) is 26.2 Å². The summed E-state index contributed by atoms with van der Waals surface area (Å²) in [5.41, 5.74) is 1.42. The van der Waals surface area contributed by atoms with E-state index in [4.69, 9.17) is 0 Å². The lowest BCUT2D eigenvalue weighted by molar-refractivity contribution is 0.516. The van der Waals surface area contributed by atoms with E-state index in [0.29, 0.717) is 6.04 Å². The average molecular weight is 338 g/mol. The zero-order valence-electron chi connectivity index (χ0n) is 11.4. The van der Waals surface area contributed by atoms with E-state index in [0.717, 1.165) is 13.0 Å². The Morgan fingerprint density at radius 3 is 2.63 bits per heavy atom. The third-order valence-electron chi connectivity index (χ3n) is 3.24. The molecule has 1 heterocycles. The molecule has 3 heteroatoms. The zero-order valence-corrected chi connectivity index (χ0v) is 13.9. The first-order valence-electron chi connectivity index (χ1n) is 6.67. The predicted molar refractivity (Wildman–Crippen MR) is 87.8 cm³/mol. The lowest BCUT2D eigenvalue weighted by Gasteiger charge is -2.13. The SMILES string of the molecule is Cc1sc(CNC(C)CCc2ccccc2)cc1Br. The van der Waals surface area contributed by atoms with Gasteiger partial charge in [0.15, 0.2) is 0 Å². The van der Waals surface area contributed by atoms with Gasteiger partial charge < -0.3 is 5.32 Å². The maximum atomic E-state index is 3.60. The van der Waals surface area contributed by atoms with Crippen LogP contribution in [0, 0.1) is 6.92 Å². The number of rotatable bonds is 6. The molecule has 1 unspecified atom stereocenters. The highest BCUT2D eigenvalue weighted by Crippen LogP contribution is 2.26. The molecule has 2 rings (SSSR count). The molecule has 0 amide bonds. The van der Waals surface area contributed by atoms with Gasteiger partial charge in [-0.05, 0) is 54.2 Å². The van der Waals surface area contributed by atoms with E-state index in [9.17, 15) is 0 Å². The Labute approximate surface area is 128 Å². The molecule has 0 bridgehead atoms. The molecule has 0 radical (unpaired) electrons. The molecule has 0 spiro atoms. The highest BCUT2D eigenvalue weighted by atomic mass is 79.9. The number of hydrogen-bond acceptors (Lipinski definition) is 2. The molecule has 0 aliphatic carbocycles. The van der Waals surface area contributed by atoms with Crippen LogP contribution in [-0.2, 0) is 13.0 Å². The van der Waals surface area contributed by atoms with Crippen molar-refractivity contribution in [2.75, 3.05) is 0 Å². The van der Waals surface area contributed by atoms with Crippen molar-refractivity contribution in [3.63, 3.8) is 0 Å². The van der Waals surface area contributed by atoms with Crippen molar-refractivity contribution in [1.82, 2.24) is 5.32 Å². The highest BCUT2D eigenvalue weighted by molar-refractivity contribution is 9.10. The lowest BCUT2D eigenvalue weighted by atomic mass is 10.1. The summed E-state index contributed by atoms with van der Waals surface area (Å²) in [6.07, 6.45) is 2.32. The van der Waals surface area contributed by atoms with Crippen LogP contribution in [0.1, 0.15) is 28.7 Å². The van der Waals surface area contributed by atoms with Crippen LogP contribution in [0.2, 0.25) is 0 Å². The molecule has 0 aliphatic heterocycles. The fourth-order valence-electron chi connectivity index (χ4n) is 2.01. The Hall–Kier alpha value is -0.640. The van der Waals surface area contributed by atoms with E-state index in [2.05, 4.69) is 71.5 Å². The second kappa shape index (κ2) is 7.22. The summed E-state index contributed by atoms with van der Waals surface area (Å²) < 4.78 is 1.23. The Morgan fingerprint density at radius 1 is 1.26 bits per heavy atom. The summed E-state index contributed by atoms with van der Waals surface area (Å²) >= 11 is 5.43. The predicted octanol–water partition coefficient (Wildman–Crippen LogP) is 4.93. The Morgan fingerprint density at radius 2 is 2.00 bits per heavy atom. The smallest absolute Gasteiger partial charge is 0.0314 e. The molecular weight excluding hydrogens is 318 g/mol. The van der Waals surface area contributed by atoms with E-state index in [-0.39, 0.29) is 0 Å².